The van der Waals surface area contributed by atoms with E-state index in [2.05, 4.69) is 85.7 Å². The third-order valence-electron chi connectivity index (χ3n) is 8.29. The highest BCUT2D eigenvalue weighted by Gasteiger charge is 2.07. The van der Waals surface area contributed by atoms with Gasteiger partial charge in [-0.05, 0) is 54.8 Å². The molecule has 0 aliphatic heterocycles. The Labute approximate surface area is 255 Å². The van der Waals surface area contributed by atoms with Gasteiger partial charge in [-0.15, -0.1) is 0 Å². The van der Waals surface area contributed by atoms with Crippen LogP contribution in [0.2, 0.25) is 0 Å². The molecule has 0 heterocycles. The van der Waals surface area contributed by atoms with E-state index in [-0.39, 0.29) is 0 Å². The minimum absolute atomic E-state index is 1.04. The first-order valence-corrected chi connectivity index (χ1v) is 17.4. The number of anilines is 1. The quantitative estimate of drug-likeness (QED) is 0.0919. The first-order chi connectivity index (χ1) is 20.3. The molecule has 41 heavy (non-hydrogen) atoms. The predicted molar refractivity (Wildman–Crippen MR) is 185 cm³/mol. The average Bonchev–Trinajstić information content (AvgIpc) is 3.01. The fraction of sp³-hybridized carbons (Fsp3) is 0.600. The lowest BCUT2D eigenvalue weighted by atomic mass is 10.1. The molecule has 0 aliphatic rings. The van der Waals surface area contributed by atoms with Crippen LogP contribution in [0.25, 0.3) is 6.08 Å². The molecule has 0 bridgehead atoms. The van der Waals surface area contributed by atoms with Gasteiger partial charge >= 0.3 is 0 Å². The van der Waals surface area contributed by atoms with Crippen LogP contribution in [0.3, 0.4) is 0 Å². The summed E-state index contributed by atoms with van der Waals surface area (Å²) in [6.07, 6.45) is 29.7. The molecule has 0 fully saturated rings. The number of benzene rings is 2. The topological polar surface area (TPSA) is 3.24 Å². The highest BCUT2D eigenvalue weighted by Crippen LogP contribution is 2.19. The van der Waals surface area contributed by atoms with Crippen molar-refractivity contribution in [1.82, 2.24) is 0 Å². The standard InChI is InChI=1S/C40H61N/c1-4-7-9-11-13-15-17-19-21-23-35-41(36-24-22-20-18-16-14-12-10-8-5-2)40-33-31-39(32-34-40)30-29-38-27-25-37(6-3)26-28-38/h6,25-28,31-34H,3-5,7-24,35-36H2,1-2H3. The van der Waals surface area contributed by atoms with Crippen molar-refractivity contribution in [2.45, 2.75) is 142 Å². The van der Waals surface area contributed by atoms with E-state index >= 15 is 0 Å². The van der Waals surface area contributed by atoms with Crippen molar-refractivity contribution in [2.24, 2.45) is 0 Å². The number of nitrogens with zero attached hydrogens (tertiary/aromatic N) is 1. The summed E-state index contributed by atoms with van der Waals surface area (Å²) in [5, 5.41) is 0. The summed E-state index contributed by atoms with van der Waals surface area (Å²) in [6, 6.07) is 17.3. The van der Waals surface area contributed by atoms with Gasteiger partial charge in [-0.2, -0.15) is 0 Å². The van der Waals surface area contributed by atoms with E-state index < -0.39 is 0 Å². The lowest BCUT2D eigenvalue weighted by Gasteiger charge is -2.25. The molecule has 0 atom stereocenters. The van der Waals surface area contributed by atoms with Crippen LogP contribution in [0.15, 0.2) is 55.1 Å². The third-order valence-corrected chi connectivity index (χ3v) is 8.29. The molecule has 1 nitrogen and oxygen atoms in total. The molecule has 0 unspecified atom stereocenters. The molecule has 0 saturated heterocycles. The fourth-order valence-electron chi connectivity index (χ4n) is 5.55. The Morgan fingerprint density at radius 3 is 1.20 bits per heavy atom. The number of hydrogen-bond acceptors (Lipinski definition) is 1. The van der Waals surface area contributed by atoms with Crippen molar-refractivity contribution in [3.63, 3.8) is 0 Å². The molecular weight excluding hydrogens is 494 g/mol. The Hall–Kier alpha value is -2.46. The third kappa shape index (κ3) is 17.2. The van der Waals surface area contributed by atoms with Crippen molar-refractivity contribution < 1.29 is 0 Å². The molecular formula is C40H61N. The van der Waals surface area contributed by atoms with E-state index in [4.69, 9.17) is 0 Å². The van der Waals surface area contributed by atoms with Gasteiger partial charge in [0.2, 0.25) is 0 Å². The van der Waals surface area contributed by atoms with Crippen LogP contribution < -0.4 is 4.90 Å². The van der Waals surface area contributed by atoms with E-state index in [1.54, 1.807) is 0 Å². The average molecular weight is 556 g/mol. The summed E-state index contributed by atoms with van der Waals surface area (Å²) in [7, 11) is 0. The zero-order valence-corrected chi connectivity index (χ0v) is 26.9. The van der Waals surface area contributed by atoms with Crippen molar-refractivity contribution >= 4 is 11.8 Å². The Balaban J connectivity index is 1.79. The van der Waals surface area contributed by atoms with Gasteiger partial charge in [0.1, 0.15) is 0 Å². The second-order valence-electron chi connectivity index (χ2n) is 12.0. The van der Waals surface area contributed by atoms with E-state index in [1.807, 2.05) is 6.08 Å². The molecule has 0 saturated carbocycles. The Morgan fingerprint density at radius 1 is 0.488 bits per heavy atom. The minimum atomic E-state index is 1.04. The number of hydrogen-bond donors (Lipinski definition) is 0. The zero-order chi connectivity index (χ0) is 29.2. The van der Waals surface area contributed by atoms with E-state index in [0.29, 0.717) is 0 Å². The van der Waals surface area contributed by atoms with Crippen LogP contribution in [0.4, 0.5) is 5.69 Å². The smallest absolute Gasteiger partial charge is 0.0367 e. The molecule has 2 rings (SSSR count). The SMILES string of the molecule is C=Cc1ccc(C#Cc2ccc(N(CCCCCCCCCCCC)CCCCCCCCCCCC)cc2)cc1. The largest absolute Gasteiger partial charge is 0.372 e. The fourth-order valence-corrected chi connectivity index (χ4v) is 5.55. The molecule has 0 aliphatic carbocycles. The Kier molecular flexibility index (Phi) is 20.5. The van der Waals surface area contributed by atoms with Crippen LogP contribution in [0, 0.1) is 11.8 Å². The maximum atomic E-state index is 3.83. The van der Waals surface area contributed by atoms with Crippen molar-refractivity contribution in [3.05, 3.63) is 71.8 Å². The van der Waals surface area contributed by atoms with Gasteiger partial charge in [0, 0.05) is 29.9 Å². The molecule has 2 aromatic rings. The summed E-state index contributed by atoms with van der Waals surface area (Å²) < 4.78 is 0. The van der Waals surface area contributed by atoms with E-state index in [0.717, 1.165) is 16.7 Å². The monoisotopic (exact) mass is 555 g/mol. The first kappa shape index (κ1) is 34.7. The highest BCUT2D eigenvalue weighted by molar-refractivity contribution is 5.53. The van der Waals surface area contributed by atoms with Crippen LogP contribution in [-0.2, 0) is 0 Å². The maximum Gasteiger partial charge on any atom is 0.0367 e. The van der Waals surface area contributed by atoms with Crippen LogP contribution >= 0.6 is 0 Å². The highest BCUT2D eigenvalue weighted by atomic mass is 15.1. The van der Waals surface area contributed by atoms with Gasteiger partial charge in [0.05, 0.1) is 0 Å². The molecule has 0 N–H and O–H groups in total. The first-order valence-electron chi connectivity index (χ1n) is 17.4. The molecule has 0 radical (unpaired) electrons. The summed E-state index contributed by atoms with van der Waals surface area (Å²) in [6.45, 7) is 10.8. The van der Waals surface area contributed by atoms with Gasteiger partial charge in [0.25, 0.3) is 0 Å². The summed E-state index contributed by atoms with van der Waals surface area (Å²) in [5.41, 5.74) is 4.62. The zero-order valence-electron chi connectivity index (χ0n) is 26.9. The summed E-state index contributed by atoms with van der Waals surface area (Å²) >= 11 is 0. The predicted octanol–water partition coefficient (Wildman–Crippen LogP) is 12.4. The second-order valence-corrected chi connectivity index (χ2v) is 12.0. The van der Waals surface area contributed by atoms with Gasteiger partial charge < -0.3 is 4.90 Å². The van der Waals surface area contributed by atoms with E-state index in [1.165, 1.54) is 147 Å². The molecule has 2 aromatic carbocycles. The van der Waals surface area contributed by atoms with Gasteiger partial charge in [-0.25, -0.2) is 0 Å². The van der Waals surface area contributed by atoms with Crippen molar-refractivity contribution in [2.75, 3.05) is 18.0 Å². The van der Waals surface area contributed by atoms with Crippen LogP contribution in [-0.4, -0.2) is 13.1 Å². The number of unbranched alkanes of at least 4 members (excludes halogenated alkanes) is 18. The van der Waals surface area contributed by atoms with Gasteiger partial charge in [-0.1, -0.05) is 166 Å². The lowest BCUT2D eigenvalue weighted by Crippen LogP contribution is -2.25. The lowest BCUT2D eigenvalue weighted by molar-refractivity contribution is 0.543. The summed E-state index contributed by atoms with van der Waals surface area (Å²) in [4.78, 5) is 2.64. The molecule has 226 valence electrons. The van der Waals surface area contributed by atoms with Crippen molar-refractivity contribution in [3.8, 4) is 11.8 Å². The van der Waals surface area contributed by atoms with Gasteiger partial charge in [-0.3, -0.25) is 0 Å². The molecule has 0 spiro atoms. The Bertz CT molecular complexity index is 919. The summed E-state index contributed by atoms with van der Waals surface area (Å²) in [5.74, 6) is 6.65. The van der Waals surface area contributed by atoms with E-state index in [9.17, 15) is 0 Å². The van der Waals surface area contributed by atoms with Crippen LogP contribution in [0.5, 0.6) is 0 Å². The van der Waals surface area contributed by atoms with Gasteiger partial charge in [0.15, 0.2) is 0 Å². The normalized spacial score (nSPS) is 10.8. The molecule has 0 aromatic heterocycles. The van der Waals surface area contributed by atoms with Crippen molar-refractivity contribution in [1.29, 1.82) is 0 Å². The molecule has 0 amide bonds. The minimum Gasteiger partial charge on any atom is -0.372 e. The molecule has 1 heteroatoms. The van der Waals surface area contributed by atoms with Crippen LogP contribution in [0.1, 0.15) is 159 Å². The second kappa shape index (κ2) is 24.2. The Morgan fingerprint density at radius 2 is 0.829 bits per heavy atom. The number of rotatable bonds is 24. The maximum absolute atomic E-state index is 3.83.